The van der Waals surface area contributed by atoms with Crippen molar-refractivity contribution < 1.29 is 22.6 Å². The summed E-state index contributed by atoms with van der Waals surface area (Å²) in [6.45, 7) is -0.230. The van der Waals surface area contributed by atoms with Gasteiger partial charge in [0.1, 0.15) is 0 Å². The Labute approximate surface area is 89.1 Å². The van der Waals surface area contributed by atoms with E-state index in [1.165, 1.54) is 7.11 Å². The van der Waals surface area contributed by atoms with Gasteiger partial charge >= 0.3 is 6.36 Å². The molecule has 0 fully saturated rings. The lowest BCUT2D eigenvalue weighted by Crippen LogP contribution is -2.20. The Morgan fingerprint density at radius 2 is 2.06 bits per heavy atom. The number of hydrogen-bond acceptors (Lipinski definition) is 5. The van der Waals surface area contributed by atoms with Crippen LogP contribution >= 0.6 is 0 Å². The third kappa shape index (κ3) is 2.66. The van der Waals surface area contributed by atoms with Crippen LogP contribution in [0.4, 0.5) is 18.9 Å². The molecule has 8 heteroatoms. The van der Waals surface area contributed by atoms with E-state index in [0.717, 1.165) is 6.20 Å². The summed E-state index contributed by atoms with van der Waals surface area (Å²) in [5.74, 6) is -0.613. The van der Waals surface area contributed by atoms with E-state index in [4.69, 9.17) is 16.2 Å². The van der Waals surface area contributed by atoms with Gasteiger partial charge in [0.05, 0.1) is 24.6 Å². The highest BCUT2D eigenvalue weighted by Crippen LogP contribution is 2.35. The minimum absolute atomic E-state index is 0.0279. The first-order valence-corrected chi connectivity index (χ1v) is 4.16. The average molecular weight is 237 g/mol. The van der Waals surface area contributed by atoms with Crippen LogP contribution in [-0.4, -0.2) is 18.5 Å². The maximum Gasteiger partial charge on any atom is 0.573 e. The molecule has 1 aromatic heterocycles. The number of nitrogens with zero attached hydrogens (tertiary/aromatic N) is 1. The Hall–Kier alpha value is -1.70. The molecule has 90 valence electrons. The minimum Gasteiger partial charge on any atom is -0.481 e. The smallest absolute Gasteiger partial charge is 0.481 e. The van der Waals surface area contributed by atoms with E-state index in [-0.39, 0.29) is 23.7 Å². The lowest BCUT2D eigenvalue weighted by Gasteiger charge is -2.15. The highest BCUT2D eigenvalue weighted by Gasteiger charge is 2.33. The van der Waals surface area contributed by atoms with Crippen LogP contribution in [0.15, 0.2) is 6.20 Å². The van der Waals surface area contributed by atoms with E-state index in [1.807, 2.05) is 0 Å². The monoisotopic (exact) mass is 237 g/mol. The maximum absolute atomic E-state index is 12.1. The second-order valence-corrected chi connectivity index (χ2v) is 2.78. The van der Waals surface area contributed by atoms with Crippen molar-refractivity contribution in [2.45, 2.75) is 12.9 Å². The standard InChI is InChI=1S/C8H10F3N3O2/c1-15-7-4(2-12)6(5(13)3-14-7)16-8(9,10)11/h3H,2,12-13H2,1H3. The van der Waals surface area contributed by atoms with Gasteiger partial charge in [-0.05, 0) is 0 Å². The summed E-state index contributed by atoms with van der Waals surface area (Å²) >= 11 is 0. The van der Waals surface area contributed by atoms with E-state index < -0.39 is 12.1 Å². The fraction of sp³-hybridized carbons (Fsp3) is 0.375. The van der Waals surface area contributed by atoms with Crippen molar-refractivity contribution in [2.75, 3.05) is 12.8 Å². The van der Waals surface area contributed by atoms with E-state index in [0.29, 0.717) is 0 Å². The molecule has 0 bridgehead atoms. The number of hydrogen-bond donors (Lipinski definition) is 2. The van der Waals surface area contributed by atoms with Crippen LogP contribution < -0.4 is 20.9 Å². The Bertz CT molecular complexity index is 382. The number of nitrogens with two attached hydrogens (primary N) is 2. The summed E-state index contributed by atoms with van der Waals surface area (Å²) in [5, 5.41) is 0. The van der Waals surface area contributed by atoms with Crippen molar-refractivity contribution in [3.8, 4) is 11.6 Å². The van der Waals surface area contributed by atoms with Gasteiger partial charge < -0.3 is 20.9 Å². The van der Waals surface area contributed by atoms with Crippen LogP contribution in [0.25, 0.3) is 0 Å². The van der Waals surface area contributed by atoms with Crippen LogP contribution in [0.1, 0.15) is 5.56 Å². The number of anilines is 1. The van der Waals surface area contributed by atoms with Gasteiger partial charge in [-0.25, -0.2) is 4.98 Å². The first kappa shape index (κ1) is 12.4. The number of halogens is 3. The number of pyridine rings is 1. The van der Waals surface area contributed by atoms with Crippen LogP contribution in [-0.2, 0) is 6.54 Å². The zero-order valence-corrected chi connectivity index (χ0v) is 8.34. The predicted molar refractivity (Wildman–Crippen MR) is 49.8 cm³/mol. The van der Waals surface area contributed by atoms with Gasteiger partial charge in [-0.2, -0.15) is 0 Å². The van der Waals surface area contributed by atoms with Crippen molar-refractivity contribution in [3.05, 3.63) is 11.8 Å². The van der Waals surface area contributed by atoms with E-state index >= 15 is 0 Å². The normalized spacial score (nSPS) is 11.3. The molecular formula is C8H10F3N3O2. The highest BCUT2D eigenvalue weighted by atomic mass is 19.4. The molecule has 4 N–H and O–H groups in total. The number of alkyl halides is 3. The maximum atomic E-state index is 12.1. The molecule has 5 nitrogen and oxygen atoms in total. The number of rotatable bonds is 3. The second-order valence-electron chi connectivity index (χ2n) is 2.78. The predicted octanol–water partition coefficient (Wildman–Crippen LogP) is 1.03. The number of aromatic nitrogens is 1. The first-order valence-electron chi connectivity index (χ1n) is 4.16. The van der Waals surface area contributed by atoms with Gasteiger partial charge in [-0.3, -0.25) is 0 Å². The van der Waals surface area contributed by atoms with Crippen LogP contribution in [0, 0.1) is 0 Å². The molecule has 0 radical (unpaired) electrons. The van der Waals surface area contributed by atoms with Gasteiger partial charge in [-0.15, -0.1) is 13.2 Å². The molecule has 0 atom stereocenters. The summed E-state index contributed by atoms with van der Waals surface area (Å²) in [5.41, 5.74) is 10.3. The van der Waals surface area contributed by atoms with E-state index in [1.54, 1.807) is 0 Å². The molecular weight excluding hydrogens is 227 g/mol. The molecule has 0 amide bonds. The van der Waals surface area contributed by atoms with E-state index in [2.05, 4.69) is 9.72 Å². The van der Waals surface area contributed by atoms with Crippen molar-refractivity contribution >= 4 is 5.69 Å². The highest BCUT2D eigenvalue weighted by molar-refractivity contribution is 5.58. The summed E-state index contributed by atoms with van der Waals surface area (Å²) in [6, 6.07) is 0. The fourth-order valence-electron chi connectivity index (χ4n) is 1.13. The molecule has 0 saturated carbocycles. The molecule has 0 aliphatic rings. The largest absolute Gasteiger partial charge is 0.573 e. The number of methoxy groups -OCH3 is 1. The van der Waals surface area contributed by atoms with Crippen LogP contribution in [0.3, 0.4) is 0 Å². The number of ether oxygens (including phenoxy) is 2. The topological polar surface area (TPSA) is 83.4 Å². The molecule has 0 aliphatic heterocycles. The van der Waals surface area contributed by atoms with Gasteiger partial charge in [0, 0.05) is 6.54 Å². The average Bonchev–Trinajstić information content (AvgIpc) is 2.19. The second kappa shape index (κ2) is 4.44. The van der Waals surface area contributed by atoms with Gasteiger partial charge in [0.2, 0.25) is 5.88 Å². The molecule has 0 aromatic carbocycles. The lowest BCUT2D eigenvalue weighted by molar-refractivity contribution is -0.274. The number of nitrogen functional groups attached to an aromatic ring is 1. The molecule has 1 heterocycles. The zero-order valence-electron chi connectivity index (χ0n) is 8.34. The Balaban J connectivity index is 3.23. The first-order chi connectivity index (χ1) is 7.39. The Morgan fingerprint density at radius 1 is 1.44 bits per heavy atom. The van der Waals surface area contributed by atoms with Crippen molar-refractivity contribution in [1.82, 2.24) is 4.98 Å². The third-order valence-electron chi connectivity index (χ3n) is 1.73. The van der Waals surface area contributed by atoms with E-state index in [9.17, 15) is 13.2 Å². The Morgan fingerprint density at radius 3 is 2.50 bits per heavy atom. The lowest BCUT2D eigenvalue weighted by atomic mass is 10.2. The van der Waals surface area contributed by atoms with Gasteiger partial charge in [0.25, 0.3) is 0 Å². The van der Waals surface area contributed by atoms with Crippen LogP contribution in [0.2, 0.25) is 0 Å². The SMILES string of the molecule is COc1ncc(N)c(OC(F)(F)F)c1CN. The molecule has 0 unspecified atom stereocenters. The van der Waals surface area contributed by atoms with Gasteiger partial charge in [0.15, 0.2) is 5.75 Å². The van der Waals surface area contributed by atoms with Crippen molar-refractivity contribution in [3.63, 3.8) is 0 Å². The quantitative estimate of drug-likeness (QED) is 0.820. The third-order valence-corrected chi connectivity index (χ3v) is 1.73. The zero-order chi connectivity index (χ0) is 12.3. The summed E-state index contributed by atoms with van der Waals surface area (Å²) < 4.78 is 44.8. The molecule has 0 saturated heterocycles. The molecule has 0 spiro atoms. The molecule has 1 rings (SSSR count). The van der Waals surface area contributed by atoms with Crippen molar-refractivity contribution in [1.29, 1.82) is 0 Å². The van der Waals surface area contributed by atoms with Gasteiger partial charge in [-0.1, -0.05) is 0 Å². The summed E-state index contributed by atoms with van der Waals surface area (Å²) in [4.78, 5) is 3.68. The fourth-order valence-corrected chi connectivity index (χ4v) is 1.13. The Kier molecular flexibility index (Phi) is 3.43. The summed E-state index contributed by atoms with van der Waals surface area (Å²) in [7, 11) is 1.26. The summed E-state index contributed by atoms with van der Waals surface area (Å²) in [6.07, 6.45) is -3.83. The minimum atomic E-state index is -4.84. The molecule has 1 aromatic rings. The van der Waals surface area contributed by atoms with Crippen LogP contribution in [0.5, 0.6) is 11.6 Å². The van der Waals surface area contributed by atoms with Crippen molar-refractivity contribution in [2.24, 2.45) is 5.73 Å². The molecule has 16 heavy (non-hydrogen) atoms. The molecule has 0 aliphatic carbocycles.